The first-order valence-corrected chi connectivity index (χ1v) is 38.7. The van der Waals surface area contributed by atoms with E-state index in [9.17, 15) is 11.0 Å². The van der Waals surface area contributed by atoms with Gasteiger partial charge in [-0.05, 0) is 196 Å². The van der Waals surface area contributed by atoms with E-state index in [0.29, 0.717) is 16.9 Å². The van der Waals surface area contributed by atoms with Gasteiger partial charge in [-0.3, -0.25) is 0 Å². The second-order valence-corrected chi connectivity index (χ2v) is 35.6. The molecule has 0 N–H and O–H groups in total. The Labute approximate surface area is 659 Å². The van der Waals surface area contributed by atoms with Crippen molar-refractivity contribution in [2.45, 2.75) is 131 Å². The number of anilines is 6. The molecular weight excluding hydrogens is 1330 g/mol. The average molecular weight is 1430 g/mol. The SMILES string of the molecule is [2H]c1c([2H])c([2H])c2c(c1[2H])c1c([2H])c([2H])c([2H])c([2H])c1n2-c1ccc2c(c1)N(c1c(-c3ccccc3)ccc3oc4ccccc4c13)c1cc(-n3c4ccc(C(C)(C)C)cc4c4cc(C(C)(C)C)ccc43)cc3c1B2c1ccc(-c2cc(C(C)(C)C)cc(C(C)(C)C)c2)cc1N3c1c(-c2ccccc2)cc(C(C)(C)C)cc1-c1ccccc1. The van der Waals surface area contributed by atoms with Crippen molar-refractivity contribution in [1.82, 2.24) is 9.13 Å². The minimum absolute atomic E-state index is 0.00124. The third-order valence-electron chi connectivity index (χ3n) is 23.3. The van der Waals surface area contributed by atoms with Gasteiger partial charge in [-0.15, -0.1) is 0 Å². The molecule has 0 atom stereocenters. The number of benzene rings is 14. The van der Waals surface area contributed by atoms with E-state index in [1.54, 1.807) is 4.57 Å². The van der Waals surface area contributed by atoms with E-state index in [1.165, 1.54) is 27.8 Å². The molecule has 0 saturated carbocycles. The first-order valence-electron chi connectivity index (χ1n) is 42.7. The van der Waals surface area contributed by atoms with Crippen LogP contribution in [-0.2, 0) is 27.1 Å². The molecule has 17 aromatic rings. The highest BCUT2D eigenvalue weighted by Gasteiger charge is 2.47. The molecule has 538 valence electrons. The van der Waals surface area contributed by atoms with Crippen molar-refractivity contribution < 1.29 is 15.4 Å². The molecule has 3 aromatic heterocycles. The summed E-state index contributed by atoms with van der Waals surface area (Å²) in [5.41, 5.74) is 26.1. The first kappa shape index (κ1) is 60.1. The Balaban J connectivity index is 1.06. The number of hydrogen-bond donors (Lipinski definition) is 0. The van der Waals surface area contributed by atoms with Gasteiger partial charge in [-0.25, -0.2) is 0 Å². The van der Waals surface area contributed by atoms with Gasteiger partial charge in [0.15, 0.2) is 0 Å². The molecule has 0 radical (unpaired) electrons. The molecule has 19 rings (SSSR count). The molecule has 6 heteroatoms. The second kappa shape index (κ2) is 24.8. The number of rotatable bonds is 8. The molecule has 5 heterocycles. The van der Waals surface area contributed by atoms with Gasteiger partial charge in [-0.2, -0.15) is 0 Å². The molecule has 0 bridgehead atoms. The maximum absolute atomic E-state index is 9.97. The highest BCUT2D eigenvalue weighted by Crippen LogP contribution is 2.56. The zero-order valence-corrected chi connectivity index (χ0v) is 65.4. The lowest BCUT2D eigenvalue weighted by Gasteiger charge is -2.46. The Morgan fingerprint density at radius 3 is 1.26 bits per heavy atom. The summed E-state index contributed by atoms with van der Waals surface area (Å²) in [6.45, 7) is 33.8. The van der Waals surface area contributed by atoms with Crippen LogP contribution < -0.4 is 26.2 Å². The number of fused-ring (bicyclic) bond motifs is 13. The monoisotopic (exact) mass is 1430 g/mol. The predicted octanol–water partition coefficient (Wildman–Crippen LogP) is 27.0. The van der Waals surface area contributed by atoms with Crippen molar-refractivity contribution in [2.24, 2.45) is 0 Å². The molecular formula is C104H93BN4O. The molecule has 0 amide bonds. The summed E-state index contributed by atoms with van der Waals surface area (Å²) in [6, 6.07) is 85.6. The summed E-state index contributed by atoms with van der Waals surface area (Å²) < 4.78 is 87.7. The summed E-state index contributed by atoms with van der Waals surface area (Å²) in [6.07, 6.45) is 0. The zero-order chi connectivity index (χ0) is 82.8. The van der Waals surface area contributed by atoms with Crippen LogP contribution in [0.2, 0.25) is 0 Å². The van der Waals surface area contributed by atoms with Crippen LogP contribution in [0.25, 0.3) is 121 Å². The van der Waals surface area contributed by atoms with Crippen molar-refractivity contribution in [3.05, 3.63) is 319 Å². The van der Waals surface area contributed by atoms with Gasteiger partial charge in [0.05, 0.1) is 55.5 Å². The Morgan fingerprint density at radius 2 is 0.736 bits per heavy atom. The fourth-order valence-electron chi connectivity index (χ4n) is 17.3. The fraction of sp³-hybridized carbons (Fsp3) is 0.192. The highest BCUT2D eigenvalue weighted by molar-refractivity contribution is 7.00. The molecule has 5 nitrogen and oxygen atoms in total. The molecule has 2 aliphatic heterocycles. The third-order valence-corrected chi connectivity index (χ3v) is 23.3. The van der Waals surface area contributed by atoms with Gasteiger partial charge >= 0.3 is 0 Å². The Kier molecular flexibility index (Phi) is 13.6. The number of hydrogen-bond acceptors (Lipinski definition) is 3. The second-order valence-electron chi connectivity index (χ2n) is 35.6. The topological polar surface area (TPSA) is 29.5 Å². The van der Waals surface area contributed by atoms with E-state index in [4.69, 9.17) is 4.42 Å². The van der Waals surface area contributed by atoms with Gasteiger partial charge in [-0.1, -0.05) is 298 Å². The normalized spacial score (nSPS) is 14.4. The van der Waals surface area contributed by atoms with E-state index in [0.717, 1.165) is 133 Å². The molecule has 2 aliphatic rings. The van der Waals surface area contributed by atoms with Crippen molar-refractivity contribution in [3.63, 3.8) is 0 Å². The van der Waals surface area contributed by atoms with E-state index in [2.05, 4.69) is 337 Å². The number of nitrogens with zero attached hydrogens (tertiary/aromatic N) is 4. The molecule has 0 unspecified atom stereocenters. The van der Waals surface area contributed by atoms with Crippen molar-refractivity contribution in [2.75, 3.05) is 9.80 Å². The molecule has 0 spiro atoms. The quantitative estimate of drug-likeness (QED) is 0.142. The first-order chi connectivity index (χ1) is 56.0. The average Bonchev–Trinajstić information content (AvgIpc) is 0.980. The Morgan fingerprint density at radius 1 is 0.291 bits per heavy atom. The van der Waals surface area contributed by atoms with E-state index in [1.807, 2.05) is 24.3 Å². The van der Waals surface area contributed by atoms with Crippen LogP contribution in [0.3, 0.4) is 0 Å². The van der Waals surface area contributed by atoms with Crippen LogP contribution in [0, 0.1) is 0 Å². The Bertz CT molecular complexity index is 6880. The fourth-order valence-corrected chi connectivity index (χ4v) is 17.3. The molecule has 0 fully saturated rings. The van der Waals surface area contributed by atoms with Gasteiger partial charge in [0.2, 0.25) is 0 Å². The van der Waals surface area contributed by atoms with Crippen LogP contribution in [0.5, 0.6) is 0 Å². The molecule has 110 heavy (non-hydrogen) atoms. The molecule has 0 aliphatic carbocycles. The van der Waals surface area contributed by atoms with Gasteiger partial charge in [0, 0.05) is 72.1 Å². The van der Waals surface area contributed by atoms with Crippen LogP contribution in [0.15, 0.2) is 295 Å². The van der Waals surface area contributed by atoms with Crippen LogP contribution in [0.1, 0.15) is 143 Å². The van der Waals surface area contributed by atoms with E-state index < -0.39 is 43.0 Å². The van der Waals surface area contributed by atoms with Crippen LogP contribution in [0.4, 0.5) is 34.1 Å². The van der Waals surface area contributed by atoms with Crippen LogP contribution in [-0.4, -0.2) is 15.8 Å². The van der Waals surface area contributed by atoms with Gasteiger partial charge in [0.1, 0.15) is 11.2 Å². The number of furan rings is 1. The minimum atomic E-state index is -0.560. The maximum Gasteiger partial charge on any atom is 0.252 e. The van der Waals surface area contributed by atoms with E-state index in [-0.39, 0.29) is 61.0 Å². The lowest BCUT2D eigenvalue weighted by Crippen LogP contribution is -2.61. The summed E-state index contributed by atoms with van der Waals surface area (Å²) >= 11 is 0. The number of para-hydroxylation sites is 3. The minimum Gasteiger partial charge on any atom is -0.456 e. The van der Waals surface area contributed by atoms with Crippen molar-refractivity contribution in [3.8, 4) is 55.9 Å². The summed E-state index contributed by atoms with van der Waals surface area (Å²) in [5.74, 6) is 0. The van der Waals surface area contributed by atoms with E-state index >= 15 is 0 Å². The summed E-state index contributed by atoms with van der Waals surface area (Å²) in [4.78, 5) is 5.06. The standard InChI is InChI=1S/C104H93BN4O/c1-100(2,3)69-44-50-88-82(57-69)83-58-70(101(4,5)6)45-51-89(83)107(88)75-62-92-97-93(63-75)109(99-76(64-31-19-16-20-32-64)47-52-95-96(99)79-39-27-30-42-94(79)110-95)91-61-74(106-86-40-28-25-37-77(86)78-38-26-29-41-87(78)106)46-49-85(91)105(97)84-48-43-67(68-53-71(102(7,8)9)56-72(54-68)103(10,11)12)55-90(84)108(92)98-80(65-33-21-17-22-34-65)59-73(104(13,14)15)60-81(98)66-35-23-18-24-36-66/h16-63H,1-15H3/i25D,26D,28D,29D,37D,38D,40D,41D. The maximum atomic E-state index is 9.97. The number of aromatic nitrogens is 2. The lowest BCUT2D eigenvalue weighted by atomic mass is 9.33. The Hall–Kier alpha value is -11.9. The van der Waals surface area contributed by atoms with Crippen LogP contribution >= 0.6 is 0 Å². The third kappa shape index (κ3) is 11.1. The highest BCUT2D eigenvalue weighted by atomic mass is 16.3. The molecule has 0 saturated heterocycles. The predicted molar refractivity (Wildman–Crippen MR) is 472 cm³/mol. The zero-order valence-electron chi connectivity index (χ0n) is 73.4. The molecule has 14 aromatic carbocycles. The smallest absolute Gasteiger partial charge is 0.252 e. The van der Waals surface area contributed by atoms with Crippen molar-refractivity contribution >= 4 is 123 Å². The van der Waals surface area contributed by atoms with Crippen molar-refractivity contribution in [1.29, 1.82) is 0 Å². The summed E-state index contributed by atoms with van der Waals surface area (Å²) in [7, 11) is 0. The van der Waals surface area contributed by atoms with Gasteiger partial charge in [0.25, 0.3) is 6.71 Å². The van der Waals surface area contributed by atoms with Gasteiger partial charge < -0.3 is 23.4 Å². The largest absolute Gasteiger partial charge is 0.456 e. The lowest BCUT2D eigenvalue weighted by molar-refractivity contribution is 0.569. The summed E-state index contributed by atoms with van der Waals surface area (Å²) in [5, 5.41) is 3.99.